The number of carbonyl (C=O) groups excluding carboxylic acids is 1. The van der Waals surface area contributed by atoms with Crippen LogP contribution in [0.15, 0.2) is 29.2 Å². The summed E-state index contributed by atoms with van der Waals surface area (Å²) >= 11 is 1.72. The molecule has 0 spiro atoms. The zero-order chi connectivity index (χ0) is 10.6. The molecule has 0 N–H and O–H groups in total. The van der Waals surface area contributed by atoms with Crippen molar-refractivity contribution in [2.45, 2.75) is 11.8 Å². The van der Waals surface area contributed by atoms with Crippen LogP contribution in [0.2, 0.25) is 0 Å². The van der Waals surface area contributed by atoms with E-state index >= 15 is 0 Å². The molecule has 0 fully saturated rings. The van der Waals surface area contributed by atoms with Gasteiger partial charge in [-0.25, -0.2) is 0 Å². The summed E-state index contributed by atoms with van der Waals surface area (Å²) in [6, 6.07) is 8.21. The Morgan fingerprint density at radius 2 is 1.93 bits per heavy atom. The predicted molar refractivity (Wildman–Crippen MR) is 62.2 cm³/mol. The first-order valence-corrected chi connectivity index (χ1v) is 5.70. The third-order valence-electron chi connectivity index (χ3n) is 1.97. The Morgan fingerprint density at radius 1 is 1.36 bits per heavy atom. The maximum Gasteiger partial charge on any atom is 0.149 e. The summed E-state index contributed by atoms with van der Waals surface area (Å²) in [5, 5.41) is 0. The van der Waals surface area contributed by atoms with Crippen molar-refractivity contribution >= 4 is 23.2 Å². The number of thioether (sulfide) groups is 1. The van der Waals surface area contributed by atoms with E-state index in [-0.39, 0.29) is 5.78 Å². The lowest BCUT2D eigenvalue weighted by Gasteiger charge is -2.17. The summed E-state index contributed by atoms with van der Waals surface area (Å²) in [7, 11) is 1.93. The van der Waals surface area contributed by atoms with E-state index in [1.807, 2.05) is 30.3 Å². The van der Waals surface area contributed by atoms with Gasteiger partial charge >= 0.3 is 0 Å². The van der Waals surface area contributed by atoms with Crippen molar-refractivity contribution in [1.29, 1.82) is 0 Å². The highest BCUT2D eigenvalue weighted by molar-refractivity contribution is 7.98. The Morgan fingerprint density at radius 3 is 2.36 bits per heavy atom. The fourth-order valence-corrected chi connectivity index (χ4v) is 1.67. The highest BCUT2D eigenvalue weighted by Gasteiger charge is 2.02. The van der Waals surface area contributed by atoms with Crippen LogP contribution in [0.1, 0.15) is 6.92 Å². The first kappa shape index (κ1) is 11.1. The Hall–Kier alpha value is -0.960. The smallest absolute Gasteiger partial charge is 0.149 e. The van der Waals surface area contributed by atoms with Gasteiger partial charge in [-0.1, -0.05) is 0 Å². The SMILES string of the molecule is CSc1ccc(N(C)CC(C)=O)cc1. The summed E-state index contributed by atoms with van der Waals surface area (Å²) in [5.41, 5.74) is 1.08. The zero-order valence-electron chi connectivity index (χ0n) is 8.78. The van der Waals surface area contributed by atoms with Crippen LogP contribution in [0.3, 0.4) is 0 Å². The van der Waals surface area contributed by atoms with Gasteiger partial charge in [-0.3, -0.25) is 4.79 Å². The van der Waals surface area contributed by atoms with Crippen LogP contribution in [0, 0.1) is 0 Å². The minimum atomic E-state index is 0.182. The molecule has 0 radical (unpaired) electrons. The van der Waals surface area contributed by atoms with Gasteiger partial charge in [0.15, 0.2) is 0 Å². The van der Waals surface area contributed by atoms with E-state index in [0.717, 1.165) is 5.69 Å². The number of nitrogens with zero attached hydrogens (tertiary/aromatic N) is 1. The van der Waals surface area contributed by atoms with Crippen molar-refractivity contribution in [2.24, 2.45) is 0 Å². The van der Waals surface area contributed by atoms with Gasteiger partial charge in [-0.05, 0) is 37.4 Å². The van der Waals surface area contributed by atoms with E-state index in [4.69, 9.17) is 0 Å². The number of rotatable bonds is 4. The van der Waals surface area contributed by atoms with E-state index in [1.54, 1.807) is 18.7 Å². The van der Waals surface area contributed by atoms with Gasteiger partial charge in [0.2, 0.25) is 0 Å². The second-order valence-corrected chi connectivity index (χ2v) is 4.14. The van der Waals surface area contributed by atoms with Crippen molar-refractivity contribution in [3.8, 4) is 0 Å². The minimum Gasteiger partial charge on any atom is -0.367 e. The quantitative estimate of drug-likeness (QED) is 0.710. The molecular formula is C11H15NOS. The molecule has 1 rings (SSSR count). The average molecular weight is 209 g/mol. The molecule has 3 heteroatoms. The number of hydrogen-bond donors (Lipinski definition) is 0. The molecule has 0 aliphatic heterocycles. The Labute approximate surface area is 89.3 Å². The molecule has 1 aromatic rings. The molecule has 0 saturated carbocycles. The highest BCUT2D eigenvalue weighted by Crippen LogP contribution is 2.19. The largest absolute Gasteiger partial charge is 0.367 e. The van der Waals surface area contributed by atoms with Crippen LogP contribution in [-0.4, -0.2) is 25.6 Å². The van der Waals surface area contributed by atoms with Crippen molar-refractivity contribution in [2.75, 3.05) is 24.7 Å². The van der Waals surface area contributed by atoms with Gasteiger partial charge in [0, 0.05) is 17.6 Å². The standard InChI is InChI=1S/C11H15NOS/c1-9(13)8-12(2)10-4-6-11(14-3)7-5-10/h4-7H,8H2,1-3H3. The van der Waals surface area contributed by atoms with Gasteiger partial charge in [-0.15, -0.1) is 11.8 Å². The fraction of sp³-hybridized carbons (Fsp3) is 0.364. The van der Waals surface area contributed by atoms with Crippen LogP contribution >= 0.6 is 11.8 Å². The van der Waals surface area contributed by atoms with Crippen LogP contribution in [-0.2, 0) is 4.79 Å². The molecular weight excluding hydrogens is 194 g/mol. The number of likely N-dealkylation sites (N-methyl/N-ethyl adjacent to an activating group) is 1. The van der Waals surface area contributed by atoms with Crippen molar-refractivity contribution in [3.63, 3.8) is 0 Å². The minimum absolute atomic E-state index is 0.182. The van der Waals surface area contributed by atoms with E-state index in [0.29, 0.717) is 6.54 Å². The van der Waals surface area contributed by atoms with Crippen LogP contribution in [0.25, 0.3) is 0 Å². The highest BCUT2D eigenvalue weighted by atomic mass is 32.2. The lowest BCUT2D eigenvalue weighted by atomic mass is 10.3. The first-order valence-electron chi connectivity index (χ1n) is 4.48. The number of anilines is 1. The van der Waals surface area contributed by atoms with Gasteiger partial charge in [-0.2, -0.15) is 0 Å². The molecule has 0 aromatic heterocycles. The first-order chi connectivity index (χ1) is 6.63. The van der Waals surface area contributed by atoms with E-state index in [1.165, 1.54) is 4.90 Å². The molecule has 0 unspecified atom stereocenters. The maximum absolute atomic E-state index is 10.9. The summed E-state index contributed by atoms with van der Waals surface area (Å²) < 4.78 is 0. The van der Waals surface area contributed by atoms with E-state index < -0.39 is 0 Å². The Bertz CT molecular complexity index is 308. The second-order valence-electron chi connectivity index (χ2n) is 3.26. The fourth-order valence-electron chi connectivity index (χ4n) is 1.26. The normalized spacial score (nSPS) is 9.93. The molecule has 76 valence electrons. The molecule has 0 bridgehead atoms. The third kappa shape index (κ3) is 3.07. The van der Waals surface area contributed by atoms with Gasteiger partial charge in [0.05, 0.1) is 6.54 Å². The maximum atomic E-state index is 10.9. The average Bonchev–Trinajstić information content (AvgIpc) is 2.17. The third-order valence-corrected chi connectivity index (χ3v) is 2.72. The topological polar surface area (TPSA) is 20.3 Å². The summed E-state index contributed by atoms with van der Waals surface area (Å²) in [6.45, 7) is 2.07. The van der Waals surface area contributed by atoms with Gasteiger partial charge in [0.1, 0.15) is 5.78 Å². The van der Waals surface area contributed by atoms with Crippen LogP contribution < -0.4 is 4.90 Å². The molecule has 1 aromatic carbocycles. The van der Waals surface area contributed by atoms with Gasteiger partial charge < -0.3 is 4.90 Å². The number of Topliss-reactive ketones (excluding diaryl/α,β-unsaturated/α-hetero) is 1. The molecule has 0 aliphatic rings. The van der Waals surface area contributed by atoms with Crippen molar-refractivity contribution in [1.82, 2.24) is 0 Å². The summed E-state index contributed by atoms with van der Waals surface area (Å²) in [5.74, 6) is 0.182. The summed E-state index contributed by atoms with van der Waals surface area (Å²) in [4.78, 5) is 14.1. The van der Waals surface area contributed by atoms with Crippen molar-refractivity contribution in [3.05, 3.63) is 24.3 Å². The molecule has 0 amide bonds. The molecule has 0 saturated heterocycles. The molecule has 14 heavy (non-hydrogen) atoms. The lowest BCUT2D eigenvalue weighted by Crippen LogP contribution is -2.23. The van der Waals surface area contributed by atoms with Crippen LogP contribution in [0.5, 0.6) is 0 Å². The number of benzene rings is 1. The molecule has 2 nitrogen and oxygen atoms in total. The number of hydrogen-bond acceptors (Lipinski definition) is 3. The summed E-state index contributed by atoms with van der Waals surface area (Å²) in [6.07, 6.45) is 2.05. The van der Waals surface area contributed by atoms with Crippen molar-refractivity contribution < 1.29 is 4.79 Å². The van der Waals surface area contributed by atoms with Crippen LogP contribution in [0.4, 0.5) is 5.69 Å². The monoisotopic (exact) mass is 209 g/mol. The lowest BCUT2D eigenvalue weighted by molar-refractivity contribution is -0.115. The Balaban J connectivity index is 2.71. The molecule has 0 heterocycles. The van der Waals surface area contributed by atoms with E-state index in [2.05, 4.69) is 12.1 Å². The molecule has 0 atom stereocenters. The van der Waals surface area contributed by atoms with Gasteiger partial charge in [0.25, 0.3) is 0 Å². The number of ketones is 1. The zero-order valence-corrected chi connectivity index (χ0v) is 9.60. The van der Waals surface area contributed by atoms with E-state index in [9.17, 15) is 4.79 Å². The second kappa shape index (κ2) is 5.05. The molecule has 0 aliphatic carbocycles. The Kier molecular flexibility index (Phi) is 4.01. The number of carbonyl (C=O) groups is 1. The predicted octanol–water partition coefficient (Wildman–Crippen LogP) is 2.43.